The van der Waals surface area contributed by atoms with E-state index in [0.29, 0.717) is 6.54 Å². The molecule has 0 bridgehead atoms. The fourth-order valence-electron chi connectivity index (χ4n) is 3.11. The summed E-state index contributed by atoms with van der Waals surface area (Å²) in [6.45, 7) is 0.0952. The number of carbonyl (C=O) groups excluding carboxylic acids is 1. The number of aliphatic hydroxyl groups excluding tert-OH is 4. The summed E-state index contributed by atoms with van der Waals surface area (Å²) in [5, 5.41) is 44.4. The van der Waals surface area contributed by atoms with E-state index in [4.69, 9.17) is 9.47 Å². The fraction of sp³-hybridized carbons (Fsp3) is 0.588. The molecule has 0 aliphatic carbocycles. The van der Waals surface area contributed by atoms with E-state index in [2.05, 4.69) is 10.6 Å². The zero-order valence-corrected chi connectivity index (χ0v) is 15.2. The number of rotatable bonds is 6. The highest BCUT2D eigenvalue weighted by molar-refractivity contribution is 5.69. The van der Waals surface area contributed by atoms with Gasteiger partial charge in [0.2, 0.25) is 0 Å². The second-order valence-electron chi connectivity index (χ2n) is 6.86. The highest BCUT2D eigenvalue weighted by atomic mass is 19.1. The summed E-state index contributed by atoms with van der Waals surface area (Å²) >= 11 is 0. The molecule has 0 spiro atoms. The summed E-state index contributed by atoms with van der Waals surface area (Å²) < 4.78 is 24.8. The van der Waals surface area contributed by atoms with Crippen LogP contribution in [0.1, 0.15) is 0 Å². The van der Waals surface area contributed by atoms with E-state index < -0.39 is 49.2 Å². The van der Waals surface area contributed by atoms with Gasteiger partial charge in [0.1, 0.15) is 36.3 Å². The van der Waals surface area contributed by atoms with Gasteiger partial charge in [-0.2, -0.15) is 0 Å². The monoisotopic (exact) mass is 401 g/mol. The molecule has 156 valence electrons. The van der Waals surface area contributed by atoms with Crippen LogP contribution in [0.5, 0.6) is 0 Å². The van der Waals surface area contributed by atoms with Gasteiger partial charge in [0.25, 0.3) is 0 Å². The third kappa shape index (κ3) is 4.28. The van der Waals surface area contributed by atoms with Gasteiger partial charge in [-0.05, 0) is 18.2 Å². The number of nitrogens with one attached hydrogen (secondary N) is 2. The number of ether oxygens (including phenoxy) is 2. The molecule has 1 aromatic rings. The van der Waals surface area contributed by atoms with Crippen molar-refractivity contribution < 1.29 is 39.1 Å². The minimum absolute atomic E-state index is 0.199. The summed E-state index contributed by atoms with van der Waals surface area (Å²) in [6.07, 6.45) is -7.49. The van der Waals surface area contributed by atoms with E-state index in [1.807, 2.05) is 0 Å². The van der Waals surface area contributed by atoms with E-state index in [1.54, 1.807) is 7.05 Å². The number of nitrogens with zero attached hydrogens (tertiary/aromatic N) is 1. The highest BCUT2D eigenvalue weighted by Crippen LogP contribution is 2.25. The van der Waals surface area contributed by atoms with Crippen LogP contribution in [0, 0.1) is 5.82 Å². The zero-order chi connectivity index (χ0) is 20.4. The Kier molecular flexibility index (Phi) is 6.20. The summed E-state index contributed by atoms with van der Waals surface area (Å²) in [5.74, 6) is -0.590. The second-order valence-corrected chi connectivity index (χ2v) is 6.86. The molecule has 2 aliphatic heterocycles. The van der Waals surface area contributed by atoms with Crippen LogP contribution in [0.25, 0.3) is 0 Å². The molecule has 3 unspecified atom stereocenters. The van der Waals surface area contributed by atoms with Gasteiger partial charge in [0.15, 0.2) is 6.23 Å². The first-order chi connectivity index (χ1) is 13.3. The molecule has 1 amide bonds. The normalized spacial score (nSPS) is 32.9. The number of anilines is 2. The van der Waals surface area contributed by atoms with E-state index in [1.165, 1.54) is 17.0 Å². The van der Waals surface area contributed by atoms with Crippen molar-refractivity contribution in [3.05, 3.63) is 24.0 Å². The van der Waals surface area contributed by atoms with Crippen LogP contribution in [-0.2, 0) is 9.47 Å². The largest absolute Gasteiger partial charge is 0.442 e. The van der Waals surface area contributed by atoms with Gasteiger partial charge in [-0.3, -0.25) is 0 Å². The quantitative estimate of drug-likeness (QED) is 0.350. The maximum absolute atomic E-state index is 14.4. The Labute approximate surface area is 160 Å². The van der Waals surface area contributed by atoms with Gasteiger partial charge < -0.3 is 45.4 Å². The molecule has 2 aliphatic rings. The van der Waals surface area contributed by atoms with Crippen molar-refractivity contribution in [3.8, 4) is 0 Å². The van der Waals surface area contributed by atoms with Crippen LogP contribution in [0.2, 0.25) is 0 Å². The molecular formula is C17H24FN3O7. The number of benzene rings is 1. The Balaban J connectivity index is 1.60. The number of halogens is 1. The first-order valence-corrected chi connectivity index (χ1v) is 8.82. The van der Waals surface area contributed by atoms with Crippen LogP contribution in [0.15, 0.2) is 18.2 Å². The van der Waals surface area contributed by atoms with Gasteiger partial charge in [0, 0.05) is 12.7 Å². The number of hydrogen-bond donors (Lipinski definition) is 6. The Morgan fingerprint density at radius 3 is 2.61 bits per heavy atom. The Morgan fingerprint density at radius 1 is 1.25 bits per heavy atom. The molecule has 0 saturated carbocycles. The summed E-state index contributed by atoms with van der Waals surface area (Å²) in [6, 6.07) is 4.15. The molecule has 1 aromatic carbocycles. The molecule has 10 nitrogen and oxygen atoms in total. The van der Waals surface area contributed by atoms with Gasteiger partial charge in [-0.15, -0.1) is 0 Å². The lowest BCUT2D eigenvalue weighted by Gasteiger charge is -2.40. The number of carbonyl (C=O) groups is 1. The van der Waals surface area contributed by atoms with Crippen LogP contribution in [0.3, 0.4) is 0 Å². The molecule has 6 atom stereocenters. The summed E-state index contributed by atoms with van der Waals surface area (Å²) in [7, 11) is 1.61. The Bertz CT molecular complexity index is 707. The minimum Gasteiger partial charge on any atom is -0.442 e. The van der Waals surface area contributed by atoms with Gasteiger partial charge in [0.05, 0.1) is 25.4 Å². The standard InChI is InChI=1S/C17H24FN3O7/c1-21-6-9(27-17(21)26)5-19-11-3-2-8(4-10(11)18)20-16-15(25)14(24)13(23)12(7-22)28-16/h2-4,9,12-16,19-20,22-25H,5-7H2,1H3/t9-,12?,13-,14?,15?,16-/m0/s1. The third-order valence-electron chi connectivity index (χ3n) is 4.75. The third-order valence-corrected chi connectivity index (χ3v) is 4.75. The molecule has 0 aromatic heterocycles. The predicted octanol–water partition coefficient (Wildman–Crippen LogP) is -1.10. The molecule has 6 N–H and O–H groups in total. The number of amides is 1. The average Bonchev–Trinajstić information content (AvgIpc) is 2.99. The summed E-state index contributed by atoms with van der Waals surface area (Å²) in [4.78, 5) is 12.8. The lowest BCUT2D eigenvalue weighted by atomic mass is 9.98. The van der Waals surface area contributed by atoms with Crippen molar-refractivity contribution >= 4 is 17.5 Å². The van der Waals surface area contributed by atoms with Gasteiger partial charge in [-0.25, -0.2) is 9.18 Å². The van der Waals surface area contributed by atoms with Crippen molar-refractivity contribution in [1.82, 2.24) is 4.90 Å². The molecule has 2 heterocycles. The van der Waals surface area contributed by atoms with Crippen molar-refractivity contribution in [2.75, 3.05) is 37.4 Å². The molecule has 0 radical (unpaired) electrons. The first-order valence-electron chi connectivity index (χ1n) is 8.82. The highest BCUT2D eigenvalue weighted by Gasteiger charge is 2.43. The first kappa shape index (κ1) is 20.6. The minimum atomic E-state index is -1.53. The van der Waals surface area contributed by atoms with E-state index >= 15 is 0 Å². The van der Waals surface area contributed by atoms with Crippen LogP contribution < -0.4 is 10.6 Å². The lowest BCUT2D eigenvalue weighted by molar-refractivity contribution is -0.221. The Hall–Kier alpha value is -2.18. The Morgan fingerprint density at radius 2 is 2.00 bits per heavy atom. The summed E-state index contributed by atoms with van der Waals surface area (Å²) in [5.41, 5.74) is 0.462. The van der Waals surface area contributed by atoms with Crippen molar-refractivity contribution in [3.63, 3.8) is 0 Å². The molecule has 2 fully saturated rings. The van der Waals surface area contributed by atoms with Crippen molar-refractivity contribution in [2.45, 2.75) is 36.7 Å². The van der Waals surface area contributed by atoms with E-state index in [0.717, 1.165) is 6.07 Å². The van der Waals surface area contributed by atoms with Crippen molar-refractivity contribution in [1.29, 1.82) is 0 Å². The maximum atomic E-state index is 14.4. The molecular weight excluding hydrogens is 377 g/mol. The molecule has 3 rings (SSSR count). The lowest BCUT2D eigenvalue weighted by Crippen LogP contribution is -2.60. The van der Waals surface area contributed by atoms with Crippen LogP contribution >= 0.6 is 0 Å². The number of cyclic esters (lactones) is 1. The van der Waals surface area contributed by atoms with E-state index in [-0.39, 0.29) is 24.0 Å². The molecule has 2 saturated heterocycles. The molecule has 11 heteroatoms. The van der Waals surface area contributed by atoms with Gasteiger partial charge >= 0.3 is 6.09 Å². The predicted molar refractivity (Wildman–Crippen MR) is 95.2 cm³/mol. The van der Waals surface area contributed by atoms with Crippen LogP contribution in [0.4, 0.5) is 20.6 Å². The number of hydrogen-bond acceptors (Lipinski definition) is 9. The molecule has 28 heavy (non-hydrogen) atoms. The number of likely N-dealkylation sites (N-methyl/N-ethyl adjacent to an activating group) is 1. The smallest absolute Gasteiger partial charge is 0.410 e. The SMILES string of the molecule is CN1C[C@H](CNc2ccc(N[C@H]3OC(CO)[C@H](O)C(O)C3O)cc2F)OC1=O. The average molecular weight is 401 g/mol. The van der Waals surface area contributed by atoms with Crippen LogP contribution in [-0.4, -0.2) is 94.9 Å². The maximum Gasteiger partial charge on any atom is 0.410 e. The number of aliphatic hydroxyl groups is 4. The second kappa shape index (κ2) is 8.45. The zero-order valence-electron chi connectivity index (χ0n) is 15.2. The topological polar surface area (TPSA) is 144 Å². The van der Waals surface area contributed by atoms with Crippen molar-refractivity contribution in [2.24, 2.45) is 0 Å². The van der Waals surface area contributed by atoms with Gasteiger partial charge in [-0.1, -0.05) is 0 Å². The fourth-order valence-corrected chi connectivity index (χ4v) is 3.11. The van der Waals surface area contributed by atoms with E-state index in [9.17, 15) is 29.6 Å².